The van der Waals surface area contributed by atoms with Crippen LogP contribution in [0.15, 0.2) is 0 Å². The van der Waals surface area contributed by atoms with Crippen molar-refractivity contribution < 1.29 is 14.3 Å². The van der Waals surface area contributed by atoms with Crippen LogP contribution in [0.25, 0.3) is 0 Å². The fourth-order valence-electron chi connectivity index (χ4n) is 1.92. The number of carbonyl (C=O) groups is 1. The second-order valence-corrected chi connectivity index (χ2v) is 4.16. The lowest BCUT2D eigenvalue weighted by atomic mass is 10.1. The summed E-state index contributed by atoms with van der Waals surface area (Å²) in [5.41, 5.74) is 5.65. The van der Waals surface area contributed by atoms with Gasteiger partial charge in [0.1, 0.15) is 0 Å². The molecule has 0 unspecified atom stereocenters. The summed E-state index contributed by atoms with van der Waals surface area (Å²) >= 11 is 0. The second kappa shape index (κ2) is 6.83. The van der Waals surface area contributed by atoms with Crippen molar-refractivity contribution in [3.05, 3.63) is 0 Å². The third-order valence-electron chi connectivity index (χ3n) is 2.84. The molecule has 1 amide bonds. The minimum atomic E-state index is -0.445. The molecule has 5 nitrogen and oxygen atoms in total. The van der Waals surface area contributed by atoms with Crippen LogP contribution in [0.4, 0.5) is 0 Å². The van der Waals surface area contributed by atoms with E-state index >= 15 is 0 Å². The Kier molecular flexibility index (Phi) is 5.73. The molecule has 1 atom stereocenters. The monoisotopic (exact) mass is 230 g/mol. The topological polar surface area (TPSA) is 64.8 Å². The first-order chi connectivity index (χ1) is 7.66. The molecule has 1 aliphatic heterocycles. The summed E-state index contributed by atoms with van der Waals surface area (Å²) in [5.74, 6) is 0.00366. The average molecular weight is 230 g/mol. The number of amides is 1. The van der Waals surface area contributed by atoms with Gasteiger partial charge in [-0.2, -0.15) is 0 Å². The SMILES string of the molecule is COCCN(C(=O)[C@@H](C)N)C1CCOCC1. The Bertz CT molecular complexity index is 215. The standard InChI is InChI=1S/C11H22N2O3/c1-9(12)11(14)13(5-8-15-2)10-3-6-16-7-4-10/h9-10H,3-8,12H2,1-2H3/t9-/m1/s1. The quantitative estimate of drug-likeness (QED) is 0.721. The smallest absolute Gasteiger partial charge is 0.239 e. The molecule has 1 fully saturated rings. The van der Waals surface area contributed by atoms with Crippen molar-refractivity contribution in [2.75, 3.05) is 33.5 Å². The highest BCUT2D eigenvalue weighted by atomic mass is 16.5. The van der Waals surface area contributed by atoms with Gasteiger partial charge in [0.25, 0.3) is 0 Å². The van der Waals surface area contributed by atoms with Crippen LogP contribution in [0, 0.1) is 0 Å². The van der Waals surface area contributed by atoms with E-state index in [9.17, 15) is 4.79 Å². The van der Waals surface area contributed by atoms with Crippen LogP contribution in [0.2, 0.25) is 0 Å². The molecule has 0 aromatic rings. The highest BCUT2D eigenvalue weighted by molar-refractivity contribution is 5.81. The van der Waals surface area contributed by atoms with E-state index in [0.29, 0.717) is 13.2 Å². The number of hydrogen-bond donors (Lipinski definition) is 1. The molecule has 16 heavy (non-hydrogen) atoms. The summed E-state index contributed by atoms with van der Waals surface area (Å²) in [5, 5.41) is 0. The number of rotatable bonds is 5. The molecule has 0 aromatic carbocycles. The van der Waals surface area contributed by atoms with E-state index in [1.807, 2.05) is 4.90 Å². The van der Waals surface area contributed by atoms with Gasteiger partial charge in [0.2, 0.25) is 5.91 Å². The molecule has 0 saturated carbocycles. The van der Waals surface area contributed by atoms with Gasteiger partial charge in [0, 0.05) is 32.9 Å². The Morgan fingerprint density at radius 1 is 1.56 bits per heavy atom. The molecule has 2 N–H and O–H groups in total. The highest BCUT2D eigenvalue weighted by Crippen LogP contribution is 2.15. The number of nitrogens with two attached hydrogens (primary N) is 1. The number of carbonyl (C=O) groups excluding carboxylic acids is 1. The van der Waals surface area contributed by atoms with Crippen LogP contribution < -0.4 is 5.73 Å². The summed E-state index contributed by atoms with van der Waals surface area (Å²) in [4.78, 5) is 13.8. The average Bonchev–Trinajstić information content (AvgIpc) is 2.30. The lowest BCUT2D eigenvalue weighted by Crippen LogP contribution is -2.50. The number of hydrogen-bond acceptors (Lipinski definition) is 4. The fraction of sp³-hybridized carbons (Fsp3) is 0.909. The van der Waals surface area contributed by atoms with E-state index in [2.05, 4.69) is 0 Å². The Morgan fingerprint density at radius 2 is 2.19 bits per heavy atom. The van der Waals surface area contributed by atoms with E-state index in [1.165, 1.54) is 0 Å². The molecule has 94 valence electrons. The number of ether oxygens (including phenoxy) is 2. The van der Waals surface area contributed by atoms with Crippen molar-refractivity contribution in [2.45, 2.75) is 31.8 Å². The van der Waals surface area contributed by atoms with Crippen LogP contribution in [0.5, 0.6) is 0 Å². The highest BCUT2D eigenvalue weighted by Gasteiger charge is 2.26. The third-order valence-corrected chi connectivity index (χ3v) is 2.84. The molecule has 1 rings (SSSR count). The summed E-state index contributed by atoms with van der Waals surface area (Å²) in [6.45, 7) is 4.33. The van der Waals surface area contributed by atoms with E-state index in [4.69, 9.17) is 15.2 Å². The van der Waals surface area contributed by atoms with Gasteiger partial charge in [-0.15, -0.1) is 0 Å². The van der Waals surface area contributed by atoms with Crippen LogP contribution >= 0.6 is 0 Å². The van der Waals surface area contributed by atoms with Gasteiger partial charge in [-0.1, -0.05) is 0 Å². The van der Waals surface area contributed by atoms with Gasteiger partial charge in [-0.05, 0) is 19.8 Å². The van der Waals surface area contributed by atoms with Crippen LogP contribution in [-0.4, -0.2) is 56.4 Å². The van der Waals surface area contributed by atoms with E-state index < -0.39 is 6.04 Å². The van der Waals surface area contributed by atoms with Gasteiger partial charge < -0.3 is 20.1 Å². The maximum absolute atomic E-state index is 12.0. The molecule has 0 aliphatic carbocycles. The van der Waals surface area contributed by atoms with E-state index in [0.717, 1.165) is 26.1 Å². The largest absolute Gasteiger partial charge is 0.383 e. The van der Waals surface area contributed by atoms with Gasteiger partial charge in [0.05, 0.1) is 12.6 Å². The zero-order chi connectivity index (χ0) is 12.0. The van der Waals surface area contributed by atoms with Crippen molar-refractivity contribution in [2.24, 2.45) is 5.73 Å². The first-order valence-corrected chi connectivity index (χ1v) is 5.79. The minimum absolute atomic E-state index is 0.00366. The lowest BCUT2D eigenvalue weighted by molar-refractivity contribution is -0.137. The molecular formula is C11H22N2O3. The van der Waals surface area contributed by atoms with Gasteiger partial charge >= 0.3 is 0 Å². The molecular weight excluding hydrogens is 208 g/mol. The number of nitrogens with zero attached hydrogens (tertiary/aromatic N) is 1. The molecule has 0 bridgehead atoms. The Labute approximate surface area is 96.9 Å². The van der Waals surface area contributed by atoms with Crippen molar-refractivity contribution in [1.29, 1.82) is 0 Å². The van der Waals surface area contributed by atoms with E-state index in [-0.39, 0.29) is 11.9 Å². The van der Waals surface area contributed by atoms with Gasteiger partial charge in [0.15, 0.2) is 0 Å². The van der Waals surface area contributed by atoms with Crippen molar-refractivity contribution >= 4 is 5.91 Å². The van der Waals surface area contributed by atoms with Crippen LogP contribution in [0.1, 0.15) is 19.8 Å². The fourth-order valence-corrected chi connectivity index (χ4v) is 1.92. The summed E-state index contributed by atoms with van der Waals surface area (Å²) in [7, 11) is 1.64. The zero-order valence-corrected chi connectivity index (χ0v) is 10.1. The van der Waals surface area contributed by atoms with Crippen molar-refractivity contribution in [1.82, 2.24) is 4.90 Å². The first-order valence-electron chi connectivity index (χ1n) is 5.79. The lowest BCUT2D eigenvalue weighted by Gasteiger charge is -2.35. The molecule has 1 saturated heterocycles. The molecule has 0 radical (unpaired) electrons. The predicted molar refractivity (Wildman–Crippen MR) is 61.1 cm³/mol. The molecule has 0 spiro atoms. The van der Waals surface area contributed by atoms with Crippen molar-refractivity contribution in [3.63, 3.8) is 0 Å². The molecule has 1 heterocycles. The Balaban J connectivity index is 2.57. The molecule has 0 aromatic heterocycles. The van der Waals surface area contributed by atoms with Gasteiger partial charge in [-0.25, -0.2) is 0 Å². The molecule has 1 aliphatic rings. The summed E-state index contributed by atoms with van der Waals surface area (Å²) in [6.07, 6.45) is 1.78. The normalized spacial score (nSPS) is 19.4. The maximum Gasteiger partial charge on any atom is 0.239 e. The van der Waals surface area contributed by atoms with Crippen LogP contribution in [-0.2, 0) is 14.3 Å². The maximum atomic E-state index is 12.0. The predicted octanol–water partition coefficient (Wildman–Crippen LogP) is -0.0124. The molecule has 5 heteroatoms. The van der Waals surface area contributed by atoms with Crippen molar-refractivity contribution in [3.8, 4) is 0 Å². The van der Waals surface area contributed by atoms with Gasteiger partial charge in [-0.3, -0.25) is 4.79 Å². The Hall–Kier alpha value is -0.650. The summed E-state index contributed by atoms with van der Waals surface area (Å²) in [6, 6.07) is -0.192. The van der Waals surface area contributed by atoms with E-state index in [1.54, 1.807) is 14.0 Å². The zero-order valence-electron chi connectivity index (χ0n) is 10.1. The second-order valence-electron chi connectivity index (χ2n) is 4.16. The third kappa shape index (κ3) is 3.73. The summed E-state index contributed by atoms with van der Waals surface area (Å²) < 4.78 is 10.3. The first kappa shape index (κ1) is 13.4. The van der Waals surface area contributed by atoms with Crippen LogP contribution in [0.3, 0.4) is 0 Å². The number of methoxy groups -OCH3 is 1. The minimum Gasteiger partial charge on any atom is -0.383 e. The Morgan fingerprint density at radius 3 is 2.69 bits per heavy atom.